The van der Waals surface area contributed by atoms with Crippen LogP contribution in [0.1, 0.15) is 23.7 Å². The van der Waals surface area contributed by atoms with Gasteiger partial charge >= 0.3 is 0 Å². The highest BCUT2D eigenvalue weighted by molar-refractivity contribution is 6.08. The van der Waals surface area contributed by atoms with Crippen LogP contribution in [0, 0.1) is 0 Å². The van der Waals surface area contributed by atoms with Crippen LogP contribution in [0.15, 0.2) is 54.6 Å². The van der Waals surface area contributed by atoms with Gasteiger partial charge in [0.05, 0.1) is 12.1 Å². The molecule has 5 nitrogen and oxygen atoms in total. The van der Waals surface area contributed by atoms with Crippen LogP contribution in [-0.4, -0.2) is 24.9 Å². The summed E-state index contributed by atoms with van der Waals surface area (Å²) in [6.45, 7) is 2.78. The Kier molecular flexibility index (Phi) is 6.17. The van der Waals surface area contributed by atoms with Crippen molar-refractivity contribution < 1.29 is 9.59 Å². The fourth-order valence-corrected chi connectivity index (χ4v) is 2.06. The van der Waals surface area contributed by atoms with Gasteiger partial charge in [0, 0.05) is 17.9 Å². The van der Waals surface area contributed by atoms with Gasteiger partial charge in [-0.05, 0) is 30.7 Å². The molecule has 0 unspecified atom stereocenters. The molecular formula is C18H21N3O2. The van der Waals surface area contributed by atoms with Crippen molar-refractivity contribution in [2.45, 2.75) is 13.3 Å². The van der Waals surface area contributed by atoms with Crippen molar-refractivity contribution in [1.82, 2.24) is 5.32 Å². The quantitative estimate of drug-likeness (QED) is 0.736. The maximum Gasteiger partial charge on any atom is 0.257 e. The van der Waals surface area contributed by atoms with E-state index in [0.29, 0.717) is 17.8 Å². The predicted octanol–water partition coefficient (Wildman–Crippen LogP) is 2.88. The normalized spacial score (nSPS) is 9.96. The molecule has 2 aromatic rings. The smallest absolute Gasteiger partial charge is 0.257 e. The van der Waals surface area contributed by atoms with E-state index in [1.165, 1.54) is 0 Å². The number of carbonyl (C=O) groups excluding carboxylic acids is 2. The number of benzene rings is 2. The van der Waals surface area contributed by atoms with Crippen molar-refractivity contribution in [3.63, 3.8) is 0 Å². The van der Waals surface area contributed by atoms with Crippen LogP contribution in [0.25, 0.3) is 0 Å². The van der Waals surface area contributed by atoms with E-state index < -0.39 is 0 Å². The maximum absolute atomic E-state index is 12.4. The Balaban J connectivity index is 2.02. The minimum Gasteiger partial charge on any atom is -0.376 e. The molecule has 0 spiro atoms. The number of amides is 2. The Morgan fingerprint density at radius 3 is 2.39 bits per heavy atom. The topological polar surface area (TPSA) is 70.2 Å². The van der Waals surface area contributed by atoms with E-state index >= 15 is 0 Å². The molecule has 5 heteroatoms. The fraction of sp³-hybridized carbons (Fsp3) is 0.222. The van der Waals surface area contributed by atoms with Crippen LogP contribution in [0.5, 0.6) is 0 Å². The Morgan fingerprint density at radius 1 is 0.957 bits per heavy atom. The van der Waals surface area contributed by atoms with Gasteiger partial charge in [-0.25, -0.2) is 0 Å². The average molecular weight is 311 g/mol. The second-order valence-corrected chi connectivity index (χ2v) is 5.07. The lowest BCUT2D eigenvalue weighted by Gasteiger charge is -2.12. The first-order valence-electron chi connectivity index (χ1n) is 7.66. The Morgan fingerprint density at radius 2 is 1.65 bits per heavy atom. The minimum absolute atomic E-state index is 0.0925. The van der Waals surface area contributed by atoms with Crippen LogP contribution in [0.3, 0.4) is 0 Å². The van der Waals surface area contributed by atoms with Crippen molar-refractivity contribution in [1.29, 1.82) is 0 Å². The Labute approximate surface area is 136 Å². The van der Waals surface area contributed by atoms with E-state index in [-0.39, 0.29) is 18.4 Å². The highest BCUT2D eigenvalue weighted by Gasteiger charge is 2.11. The van der Waals surface area contributed by atoms with Crippen molar-refractivity contribution in [2.24, 2.45) is 0 Å². The molecule has 0 aliphatic carbocycles. The monoisotopic (exact) mass is 311 g/mol. The third-order valence-corrected chi connectivity index (χ3v) is 3.21. The molecule has 0 bridgehead atoms. The van der Waals surface area contributed by atoms with Gasteiger partial charge in [0.15, 0.2) is 0 Å². The zero-order valence-corrected chi connectivity index (χ0v) is 13.1. The van der Waals surface area contributed by atoms with Gasteiger partial charge in [-0.2, -0.15) is 0 Å². The van der Waals surface area contributed by atoms with Crippen molar-refractivity contribution in [2.75, 3.05) is 23.7 Å². The summed E-state index contributed by atoms with van der Waals surface area (Å²) >= 11 is 0. The van der Waals surface area contributed by atoms with Crippen LogP contribution in [-0.2, 0) is 4.79 Å². The molecule has 0 fully saturated rings. The van der Waals surface area contributed by atoms with Gasteiger partial charge in [0.1, 0.15) is 0 Å². The van der Waals surface area contributed by atoms with Crippen LogP contribution in [0.4, 0.5) is 11.4 Å². The average Bonchev–Trinajstić information content (AvgIpc) is 2.59. The molecule has 0 atom stereocenters. The highest BCUT2D eigenvalue weighted by Crippen LogP contribution is 2.17. The van der Waals surface area contributed by atoms with E-state index in [2.05, 4.69) is 16.0 Å². The standard InChI is InChI=1S/C18H21N3O2/c1-2-12-19-17(22)13-20-16-11-7-6-10-15(16)18(23)21-14-8-4-3-5-9-14/h3-11,20H,2,12-13H2,1H3,(H,19,22)(H,21,23). The number of rotatable bonds is 7. The lowest BCUT2D eigenvalue weighted by atomic mass is 10.1. The molecule has 23 heavy (non-hydrogen) atoms. The first kappa shape index (κ1) is 16.5. The zero-order valence-electron chi connectivity index (χ0n) is 13.1. The maximum atomic E-state index is 12.4. The molecule has 0 saturated carbocycles. The molecule has 2 rings (SSSR count). The molecule has 0 heterocycles. The molecule has 0 radical (unpaired) electrons. The lowest BCUT2D eigenvalue weighted by Crippen LogP contribution is -2.30. The summed E-state index contributed by atoms with van der Waals surface area (Å²) in [6.07, 6.45) is 0.891. The van der Waals surface area contributed by atoms with Crippen LogP contribution >= 0.6 is 0 Å². The third-order valence-electron chi connectivity index (χ3n) is 3.21. The van der Waals surface area contributed by atoms with Crippen LogP contribution in [0.2, 0.25) is 0 Å². The first-order chi connectivity index (χ1) is 11.2. The lowest BCUT2D eigenvalue weighted by molar-refractivity contribution is -0.119. The molecule has 0 aliphatic rings. The summed E-state index contributed by atoms with van der Waals surface area (Å²) in [5.41, 5.74) is 1.86. The van der Waals surface area contributed by atoms with Crippen LogP contribution < -0.4 is 16.0 Å². The molecule has 3 N–H and O–H groups in total. The summed E-state index contributed by atoms with van der Waals surface area (Å²) in [6, 6.07) is 16.4. The number of hydrogen-bond donors (Lipinski definition) is 3. The third kappa shape index (κ3) is 5.14. The zero-order chi connectivity index (χ0) is 16.5. The van der Waals surface area contributed by atoms with Gasteiger partial charge < -0.3 is 16.0 Å². The number of para-hydroxylation sites is 2. The van der Waals surface area contributed by atoms with E-state index in [1.807, 2.05) is 43.3 Å². The molecule has 0 aliphatic heterocycles. The second kappa shape index (κ2) is 8.58. The Bertz CT molecular complexity index is 656. The largest absolute Gasteiger partial charge is 0.376 e. The van der Waals surface area contributed by atoms with Gasteiger partial charge in [0.2, 0.25) is 5.91 Å². The molecule has 0 saturated heterocycles. The van der Waals surface area contributed by atoms with Gasteiger partial charge in [-0.1, -0.05) is 37.3 Å². The number of carbonyl (C=O) groups is 2. The minimum atomic E-state index is -0.215. The highest BCUT2D eigenvalue weighted by atomic mass is 16.2. The predicted molar refractivity (Wildman–Crippen MR) is 92.6 cm³/mol. The van der Waals surface area contributed by atoms with Gasteiger partial charge in [0.25, 0.3) is 5.91 Å². The molecular weight excluding hydrogens is 290 g/mol. The summed E-state index contributed by atoms with van der Waals surface area (Å²) in [5.74, 6) is -0.307. The SMILES string of the molecule is CCCNC(=O)CNc1ccccc1C(=O)Nc1ccccc1. The van der Waals surface area contributed by atoms with E-state index in [0.717, 1.165) is 12.1 Å². The Hall–Kier alpha value is -2.82. The summed E-state index contributed by atoms with van der Waals surface area (Å²) in [7, 11) is 0. The molecule has 120 valence electrons. The van der Waals surface area contributed by atoms with Crippen molar-refractivity contribution >= 4 is 23.2 Å². The second-order valence-electron chi connectivity index (χ2n) is 5.07. The van der Waals surface area contributed by atoms with Crippen molar-refractivity contribution in [3.8, 4) is 0 Å². The first-order valence-corrected chi connectivity index (χ1v) is 7.66. The number of hydrogen-bond acceptors (Lipinski definition) is 3. The number of anilines is 2. The summed E-state index contributed by atoms with van der Waals surface area (Å²) in [5, 5.41) is 8.65. The summed E-state index contributed by atoms with van der Waals surface area (Å²) in [4.78, 5) is 24.1. The molecule has 2 aromatic carbocycles. The van der Waals surface area contributed by atoms with E-state index in [4.69, 9.17) is 0 Å². The molecule has 2 amide bonds. The van der Waals surface area contributed by atoms with Crippen molar-refractivity contribution in [3.05, 3.63) is 60.2 Å². The van der Waals surface area contributed by atoms with Gasteiger partial charge in [-0.3, -0.25) is 9.59 Å². The van der Waals surface area contributed by atoms with E-state index in [1.54, 1.807) is 18.2 Å². The molecule has 0 aromatic heterocycles. The fourth-order valence-electron chi connectivity index (χ4n) is 2.06. The number of nitrogens with one attached hydrogen (secondary N) is 3. The summed E-state index contributed by atoms with van der Waals surface area (Å²) < 4.78 is 0. The van der Waals surface area contributed by atoms with Gasteiger partial charge in [-0.15, -0.1) is 0 Å². The van der Waals surface area contributed by atoms with E-state index in [9.17, 15) is 9.59 Å².